The summed E-state index contributed by atoms with van der Waals surface area (Å²) in [6.07, 6.45) is 3.97. The third kappa shape index (κ3) is 2.11. The van der Waals surface area contributed by atoms with Crippen LogP contribution in [-0.4, -0.2) is 25.2 Å². The maximum atomic E-state index is 12.6. The van der Waals surface area contributed by atoms with Crippen LogP contribution < -0.4 is 0 Å². The predicted octanol–water partition coefficient (Wildman–Crippen LogP) is 2.13. The molecule has 96 valence electrons. The largest absolute Gasteiger partial charge is 0.477 e. The first kappa shape index (κ1) is 12.3. The van der Waals surface area contributed by atoms with Gasteiger partial charge in [0, 0.05) is 18.6 Å². The van der Waals surface area contributed by atoms with Gasteiger partial charge in [-0.2, -0.15) is 8.78 Å². The molecule has 0 aromatic carbocycles. The van der Waals surface area contributed by atoms with Crippen molar-refractivity contribution < 1.29 is 18.7 Å². The number of hydrogen-bond acceptors (Lipinski definition) is 2. The zero-order valence-corrected chi connectivity index (χ0v) is 9.55. The molecule has 0 aliphatic heterocycles. The third-order valence-electron chi connectivity index (χ3n) is 2.64. The van der Waals surface area contributed by atoms with Crippen LogP contribution in [0.25, 0.3) is 0 Å². The van der Waals surface area contributed by atoms with Crippen LogP contribution in [0.2, 0.25) is 0 Å². The van der Waals surface area contributed by atoms with Crippen LogP contribution in [-0.2, 0) is 6.54 Å². The molecule has 0 saturated heterocycles. The van der Waals surface area contributed by atoms with Gasteiger partial charge in [0.25, 0.3) is 0 Å². The number of hydrogen-bond donors (Lipinski definition) is 1. The maximum Gasteiger partial charge on any atom is 0.352 e. The standard InChI is InChI=1S/C11H11F2N3O2/c1-7-2-4-15(9(7)10(17)18)6-8-14-3-5-16(8)11(12)13/h2-5,11H,6H2,1H3,(H,17,18). The lowest BCUT2D eigenvalue weighted by Gasteiger charge is -2.09. The van der Waals surface area contributed by atoms with Gasteiger partial charge in [-0.15, -0.1) is 0 Å². The summed E-state index contributed by atoms with van der Waals surface area (Å²) < 4.78 is 27.3. The van der Waals surface area contributed by atoms with Crippen LogP contribution in [0.1, 0.15) is 28.4 Å². The molecule has 0 saturated carbocycles. The molecule has 7 heteroatoms. The molecule has 1 N–H and O–H groups in total. The van der Waals surface area contributed by atoms with Crippen molar-refractivity contribution in [2.75, 3.05) is 0 Å². The summed E-state index contributed by atoms with van der Waals surface area (Å²) in [5, 5.41) is 9.05. The second kappa shape index (κ2) is 4.59. The normalized spacial score (nSPS) is 11.1. The second-order valence-corrected chi connectivity index (χ2v) is 3.81. The van der Waals surface area contributed by atoms with Crippen molar-refractivity contribution >= 4 is 5.97 Å². The predicted molar refractivity (Wildman–Crippen MR) is 58.7 cm³/mol. The summed E-state index contributed by atoms with van der Waals surface area (Å²) in [5.74, 6) is -0.976. The Morgan fingerprint density at radius 3 is 2.83 bits per heavy atom. The molecule has 2 rings (SSSR count). The highest BCUT2D eigenvalue weighted by molar-refractivity contribution is 5.87. The molecule has 2 aromatic rings. The topological polar surface area (TPSA) is 60.0 Å². The Morgan fingerprint density at radius 2 is 2.22 bits per heavy atom. The van der Waals surface area contributed by atoms with E-state index in [1.54, 1.807) is 19.2 Å². The van der Waals surface area contributed by atoms with Crippen molar-refractivity contribution in [1.82, 2.24) is 14.1 Å². The summed E-state index contributed by atoms with van der Waals surface area (Å²) in [5.41, 5.74) is 0.663. The average Bonchev–Trinajstić information content (AvgIpc) is 2.86. The highest BCUT2D eigenvalue weighted by atomic mass is 19.3. The maximum absolute atomic E-state index is 12.6. The first-order valence-corrected chi connectivity index (χ1v) is 5.19. The van der Waals surface area contributed by atoms with Crippen LogP contribution in [0.5, 0.6) is 0 Å². The zero-order chi connectivity index (χ0) is 13.3. The van der Waals surface area contributed by atoms with Crippen molar-refractivity contribution in [2.24, 2.45) is 0 Å². The van der Waals surface area contributed by atoms with E-state index < -0.39 is 12.5 Å². The molecule has 2 aromatic heterocycles. The smallest absolute Gasteiger partial charge is 0.352 e. The monoisotopic (exact) mass is 255 g/mol. The summed E-state index contributed by atoms with van der Waals surface area (Å²) in [6.45, 7) is -1.04. The molecular weight excluding hydrogens is 244 g/mol. The Kier molecular flexibility index (Phi) is 3.14. The number of aromatic carboxylic acids is 1. The molecule has 0 atom stereocenters. The number of imidazole rings is 1. The van der Waals surface area contributed by atoms with Gasteiger partial charge in [-0.25, -0.2) is 9.78 Å². The number of halogens is 2. The molecule has 0 radical (unpaired) electrons. The van der Waals surface area contributed by atoms with Gasteiger partial charge >= 0.3 is 12.5 Å². The van der Waals surface area contributed by atoms with E-state index in [0.29, 0.717) is 10.1 Å². The van der Waals surface area contributed by atoms with Gasteiger partial charge < -0.3 is 9.67 Å². The molecule has 0 spiro atoms. The van der Waals surface area contributed by atoms with Crippen molar-refractivity contribution in [3.63, 3.8) is 0 Å². The molecule has 0 bridgehead atoms. The van der Waals surface area contributed by atoms with Crippen molar-refractivity contribution in [3.8, 4) is 0 Å². The Hall–Kier alpha value is -2.18. The minimum absolute atomic E-state index is 0.00713. The average molecular weight is 255 g/mol. The van der Waals surface area contributed by atoms with E-state index >= 15 is 0 Å². The van der Waals surface area contributed by atoms with Crippen LogP contribution in [0.4, 0.5) is 8.78 Å². The van der Waals surface area contributed by atoms with E-state index in [2.05, 4.69) is 4.98 Å². The molecule has 18 heavy (non-hydrogen) atoms. The molecule has 0 aliphatic rings. The summed E-state index contributed by atoms with van der Waals surface area (Å²) in [4.78, 5) is 14.9. The quantitative estimate of drug-likeness (QED) is 0.910. The van der Waals surface area contributed by atoms with Crippen molar-refractivity contribution in [1.29, 1.82) is 0 Å². The lowest BCUT2D eigenvalue weighted by molar-refractivity contribution is 0.0663. The van der Waals surface area contributed by atoms with Gasteiger partial charge in [0.05, 0.1) is 6.54 Å². The van der Waals surface area contributed by atoms with Gasteiger partial charge in [0.2, 0.25) is 0 Å². The zero-order valence-electron chi connectivity index (χ0n) is 9.55. The van der Waals surface area contributed by atoms with Gasteiger partial charge in [0.1, 0.15) is 11.5 Å². The molecule has 0 amide bonds. The van der Waals surface area contributed by atoms with Crippen molar-refractivity contribution in [3.05, 3.63) is 41.7 Å². The molecule has 0 unspecified atom stereocenters. The minimum Gasteiger partial charge on any atom is -0.477 e. The highest BCUT2D eigenvalue weighted by Crippen LogP contribution is 2.16. The van der Waals surface area contributed by atoms with E-state index in [4.69, 9.17) is 5.11 Å². The number of carbonyl (C=O) groups is 1. The molecule has 0 aliphatic carbocycles. The van der Waals surface area contributed by atoms with Crippen LogP contribution >= 0.6 is 0 Å². The van der Waals surface area contributed by atoms with E-state index in [9.17, 15) is 13.6 Å². The number of alkyl halides is 2. The summed E-state index contributed by atoms with van der Waals surface area (Å²) in [7, 11) is 0. The van der Waals surface area contributed by atoms with Crippen molar-refractivity contribution in [2.45, 2.75) is 20.0 Å². The molecular formula is C11H11F2N3O2. The first-order valence-electron chi connectivity index (χ1n) is 5.19. The van der Waals surface area contributed by atoms with Crippen LogP contribution in [0.15, 0.2) is 24.7 Å². The number of aryl methyl sites for hydroxylation is 1. The lowest BCUT2D eigenvalue weighted by atomic mass is 10.3. The SMILES string of the molecule is Cc1ccn(Cc2nccn2C(F)F)c1C(=O)O. The second-order valence-electron chi connectivity index (χ2n) is 3.81. The van der Waals surface area contributed by atoms with Gasteiger partial charge in [-0.1, -0.05) is 0 Å². The number of nitrogens with zero attached hydrogens (tertiary/aromatic N) is 3. The fourth-order valence-electron chi connectivity index (χ4n) is 1.80. The Labute approximate surface area is 101 Å². The number of aromatic nitrogens is 3. The third-order valence-corrected chi connectivity index (χ3v) is 2.64. The highest BCUT2D eigenvalue weighted by Gasteiger charge is 2.17. The van der Waals surface area contributed by atoms with E-state index in [-0.39, 0.29) is 18.1 Å². The van der Waals surface area contributed by atoms with Gasteiger partial charge in [0.15, 0.2) is 0 Å². The number of rotatable bonds is 4. The molecule has 5 nitrogen and oxygen atoms in total. The summed E-state index contributed by atoms with van der Waals surface area (Å²) in [6, 6.07) is 1.62. The van der Waals surface area contributed by atoms with Gasteiger partial charge in [-0.05, 0) is 18.6 Å². The Bertz CT molecular complexity index is 575. The Morgan fingerprint density at radius 1 is 1.50 bits per heavy atom. The molecule has 0 fully saturated rings. The van der Waals surface area contributed by atoms with E-state index in [1.165, 1.54) is 10.8 Å². The van der Waals surface area contributed by atoms with Gasteiger partial charge in [-0.3, -0.25) is 4.57 Å². The summed E-state index contributed by atoms with van der Waals surface area (Å²) >= 11 is 0. The van der Waals surface area contributed by atoms with E-state index in [1.807, 2.05) is 0 Å². The molecule has 2 heterocycles. The number of carboxylic acids is 1. The minimum atomic E-state index is -2.69. The number of carboxylic acid groups (broad SMARTS) is 1. The fraction of sp³-hybridized carbons (Fsp3) is 0.273. The lowest BCUT2D eigenvalue weighted by Crippen LogP contribution is -2.13. The van der Waals surface area contributed by atoms with Crippen LogP contribution in [0, 0.1) is 6.92 Å². The van der Waals surface area contributed by atoms with E-state index in [0.717, 1.165) is 6.20 Å². The fourth-order valence-corrected chi connectivity index (χ4v) is 1.80. The Balaban J connectivity index is 2.35. The first-order chi connectivity index (χ1) is 8.50. The van der Waals surface area contributed by atoms with Crippen LogP contribution in [0.3, 0.4) is 0 Å².